The Bertz CT molecular complexity index is 1170. The summed E-state index contributed by atoms with van der Waals surface area (Å²) in [4.78, 5) is 87.7. The number of carbonyl (C=O) groups is 6. The minimum absolute atomic E-state index is 0.0607. The highest BCUT2D eigenvalue weighted by molar-refractivity contribution is 5.85. The molecule has 0 spiro atoms. The van der Waals surface area contributed by atoms with Crippen LogP contribution >= 0.6 is 0 Å². The van der Waals surface area contributed by atoms with Crippen LogP contribution in [0.5, 0.6) is 5.75 Å². The van der Waals surface area contributed by atoms with Crippen LogP contribution in [0.25, 0.3) is 0 Å². The van der Waals surface area contributed by atoms with Gasteiger partial charge in [-0.2, -0.15) is 9.59 Å². The van der Waals surface area contributed by atoms with E-state index in [4.69, 9.17) is 45.3 Å². The van der Waals surface area contributed by atoms with Gasteiger partial charge < -0.3 is 36.2 Å². The largest absolute Gasteiger partial charge is 0.486 e. The molecule has 270 valence electrons. The average Bonchev–Trinajstić information content (AvgIpc) is 2.95. The Morgan fingerprint density at radius 2 is 1.27 bits per heavy atom. The van der Waals surface area contributed by atoms with E-state index < -0.39 is 43.0 Å². The molecule has 0 saturated carbocycles. The van der Waals surface area contributed by atoms with E-state index in [2.05, 4.69) is 5.32 Å². The fourth-order valence-electron chi connectivity index (χ4n) is 3.84. The first-order valence-corrected chi connectivity index (χ1v) is 14.6. The number of nitrogens with two attached hydrogens (primary N) is 1. The number of ether oxygens (including phenoxy) is 1. The number of carboxylic acid groups (broad SMARTS) is 4. The quantitative estimate of drug-likeness (QED) is 0.0847. The number of carboxylic acids is 4. The standard InChI is InChI=1S/C27H43N5O9.C2H4O2.CO2/c1-19(2)12-22(28)23(33)18-41-21-6-4-20(5-7-21)13-29-24(34)14-31(9-8-30(3)15-25(35)36)10-11-32(16-26(37)38)17-27(39)40;1-2(3)4;2-1-3/h4-7,19,22H,8-18,28H2,1-3H3,(H,29,34)(H,35,36)(H,37,38)(H,39,40);1H3,(H,3,4);/t22-;;/m1../s1. The van der Waals surface area contributed by atoms with E-state index in [9.17, 15) is 24.0 Å². The molecule has 0 bridgehead atoms. The predicted molar refractivity (Wildman–Crippen MR) is 168 cm³/mol. The number of benzene rings is 1. The smallest absolute Gasteiger partial charge is 0.373 e. The highest BCUT2D eigenvalue weighted by Gasteiger charge is 2.18. The van der Waals surface area contributed by atoms with Gasteiger partial charge >= 0.3 is 24.1 Å². The topological polar surface area (TPSA) is 274 Å². The van der Waals surface area contributed by atoms with E-state index in [1.807, 2.05) is 13.8 Å². The fourth-order valence-corrected chi connectivity index (χ4v) is 3.84. The number of nitrogens with one attached hydrogen (secondary N) is 1. The van der Waals surface area contributed by atoms with Gasteiger partial charge in [0.15, 0.2) is 5.78 Å². The molecule has 1 amide bonds. The summed E-state index contributed by atoms with van der Waals surface area (Å²) in [5.41, 5.74) is 6.67. The lowest BCUT2D eigenvalue weighted by molar-refractivity contribution is -0.192. The van der Waals surface area contributed by atoms with Crippen molar-refractivity contribution in [3.05, 3.63) is 29.8 Å². The molecule has 0 aliphatic carbocycles. The van der Waals surface area contributed by atoms with Crippen molar-refractivity contribution in [2.24, 2.45) is 11.7 Å². The first-order chi connectivity index (χ1) is 22.4. The van der Waals surface area contributed by atoms with Gasteiger partial charge in [-0.15, -0.1) is 0 Å². The van der Waals surface area contributed by atoms with Crippen LogP contribution in [0, 0.1) is 5.92 Å². The molecule has 0 aromatic heterocycles. The second-order valence-electron chi connectivity index (χ2n) is 10.9. The van der Waals surface area contributed by atoms with Gasteiger partial charge in [0.1, 0.15) is 12.4 Å². The van der Waals surface area contributed by atoms with Crippen LogP contribution in [0.1, 0.15) is 32.8 Å². The third kappa shape index (κ3) is 27.6. The van der Waals surface area contributed by atoms with Crippen molar-refractivity contribution in [1.82, 2.24) is 20.0 Å². The van der Waals surface area contributed by atoms with Crippen molar-refractivity contribution in [3.63, 3.8) is 0 Å². The van der Waals surface area contributed by atoms with E-state index in [1.54, 1.807) is 41.1 Å². The van der Waals surface area contributed by atoms with Gasteiger partial charge in [-0.25, -0.2) is 0 Å². The summed E-state index contributed by atoms with van der Waals surface area (Å²) in [6.07, 6.45) is 0.834. The number of carbonyl (C=O) groups excluding carboxylic acids is 4. The lowest BCUT2D eigenvalue weighted by atomic mass is 10.0. The molecule has 0 fully saturated rings. The van der Waals surface area contributed by atoms with Crippen LogP contribution in [0.15, 0.2) is 24.3 Å². The molecule has 18 heteroatoms. The van der Waals surface area contributed by atoms with E-state index in [-0.39, 0.29) is 57.2 Å². The second-order valence-corrected chi connectivity index (χ2v) is 10.9. The van der Waals surface area contributed by atoms with E-state index in [1.165, 1.54) is 4.90 Å². The van der Waals surface area contributed by atoms with Gasteiger partial charge in [-0.3, -0.25) is 43.5 Å². The van der Waals surface area contributed by atoms with Crippen molar-refractivity contribution in [3.8, 4) is 5.75 Å². The number of nitrogens with zero attached hydrogens (tertiary/aromatic N) is 3. The molecule has 7 N–H and O–H groups in total. The maximum Gasteiger partial charge on any atom is 0.373 e. The predicted octanol–water partition coefficient (Wildman–Crippen LogP) is -1.08. The summed E-state index contributed by atoms with van der Waals surface area (Å²) in [6, 6.07) is 6.31. The molecule has 48 heavy (non-hydrogen) atoms. The second kappa shape index (κ2) is 26.3. The summed E-state index contributed by atoms with van der Waals surface area (Å²) in [6.45, 7) is 4.87. The molecule has 18 nitrogen and oxygen atoms in total. The zero-order chi connectivity index (χ0) is 37.2. The Labute approximate surface area is 278 Å². The van der Waals surface area contributed by atoms with Crippen LogP contribution < -0.4 is 15.8 Å². The van der Waals surface area contributed by atoms with Crippen LogP contribution in [0.2, 0.25) is 0 Å². The third-order valence-electron chi connectivity index (χ3n) is 5.95. The van der Waals surface area contributed by atoms with Crippen LogP contribution in [0.3, 0.4) is 0 Å². The number of ketones is 1. The van der Waals surface area contributed by atoms with E-state index in [0.29, 0.717) is 31.2 Å². The molecular weight excluding hydrogens is 638 g/mol. The molecule has 0 aliphatic heterocycles. The van der Waals surface area contributed by atoms with Gasteiger partial charge in [0, 0.05) is 39.6 Å². The molecule has 0 saturated heterocycles. The highest BCUT2D eigenvalue weighted by Crippen LogP contribution is 2.13. The normalized spacial score (nSPS) is 11.0. The van der Waals surface area contributed by atoms with Gasteiger partial charge in [0.2, 0.25) is 5.91 Å². The Morgan fingerprint density at radius 1 is 0.812 bits per heavy atom. The monoisotopic (exact) mass is 685 g/mol. The minimum Gasteiger partial charge on any atom is -0.486 e. The SMILES string of the molecule is CC(=O)O.CC(C)C[C@@H](N)C(=O)COc1ccc(CNC(=O)CN(CCN(C)CC(=O)O)CCN(CC(=O)O)CC(=O)O)cc1.O=C=O. The summed E-state index contributed by atoms with van der Waals surface area (Å²) >= 11 is 0. The van der Waals surface area contributed by atoms with Gasteiger partial charge in [0.25, 0.3) is 5.97 Å². The highest BCUT2D eigenvalue weighted by atomic mass is 16.5. The molecule has 0 heterocycles. The molecule has 1 aromatic carbocycles. The summed E-state index contributed by atoms with van der Waals surface area (Å²) in [5, 5.41) is 37.3. The van der Waals surface area contributed by atoms with Crippen LogP contribution in [0.4, 0.5) is 0 Å². The molecule has 1 aromatic rings. The fraction of sp³-hybridized carbons (Fsp3) is 0.567. The molecule has 0 aliphatic rings. The van der Waals surface area contributed by atoms with Crippen LogP contribution in [-0.2, 0) is 44.9 Å². The third-order valence-corrected chi connectivity index (χ3v) is 5.95. The molecule has 1 rings (SSSR count). The lowest BCUT2D eigenvalue weighted by Gasteiger charge is -2.27. The number of aliphatic carboxylic acids is 4. The zero-order valence-electron chi connectivity index (χ0n) is 27.6. The number of likely N-dealkylation sites (N-methyl/N-ethyl adjacent to an activating group) is 1. The Balaban J connectivity index is 0. The number of amides is 1. The summed E-state index contributed by atoms with van der Waals surface area (Å²) < 4.78 is 5.53. The van der Waals surface area contributed by atoms with E-state index >= 15 is 0 Å². The van der Waals surface area contributed by atoms with Gasteiger partial charge in [-0.05, 0) is 37.1 Å². The molecule has 1 atom stereocenters. The van der Waals surface area contributed by atoms with Crippen LogP contribution in [-0.4, -0.2) is 149 Å². The molecule has 0 radical (unpaired) electrons. The average molecular weight is 686 g/mol. The van der Waals surface area contributed by atoms with Gasteiger partial charge in [-0.1, -0.05) is 26.0 Å². The van der Waals surface area contributed by atoms with Crippen molar-refractivity contribution in [2.75, 3.05) is 66.0 Å². The van der Waals surface area contributed by atoms with Gasteiger partial charge in [0.05, 0.1) is 32.2 Å². The first-order valence-electron chi connectivity index (χ1n) is 14.6. The minimum atomic E-state index is -1.17. The first kappa shape index (κ1) is 45.4. The van der Waals surface area contributed by atoms with E-state index in [0.717, 1.165) is 12.5 Å². The number of hydrogen-bond donors (Lipinski definition) is 6. The number of rotatable bonds is 22. The Hall–Kier alpha value is -4.74. The molecule has 0 unspecified atom stereocenters. The lowest BCUT2D eigenvalue weighted by Crippen LogP contribution is -2.45. The maximum absolute atomic E-state index is 12.7. The van der Waals surface area contributed by atoms with Crippen molar-refractivity contribution in [1.29, 1.82) is 0 Å². The summed E-state index contributed by atoms with van der Waals surface area (Å²) in [7, 11) is 1.62. The van der Waals surface area contributed by atoms with Crippen molar-refractivity contribution < 1.29 is 63.5 Å². The number of Topliss-reactive ketones (excluding diaryl/α,β-unsaturated/α-hetero) is 1. The van der Waals surface area contributed by atoms with Crippen molar-refractivity contribution in [2.45, 2.75) is 39.8 Å². The number of hydrogen-bond acceptors (Lipinski definition) is 13. The molecular formula is C30H47N5O13. The zero-order valence-corrected chi connectivity index (χ0v) is 27.6. The Morgan fingerprint density at radius 3 is 1.73 bits per heavy atom. The summed E-state index contributed by atoms with van der Waals surface area (Å²) in [5.74, 6) is -3.87. The van der Waals surface area contributed by atoms with Crippen molar-refractivity contribution >= 4 is 41.7 Å². The maximum atomic E-state index is 12.7. The Kier molecular flexibility index (Phi) is 24.9.